The molecule has 0 atom stereocenters. The van der Waals surface area contributed by atoms with Crippen molar-refractivity contribution in [1.29, 1.82) is 0 Å². The minimum atomic E-state index is -1.76. The Bertz CT molecular complexity index is 333. The molecule has 2 nitrogen and oxygen atoms in total. The van der Waals surface area contributed by atoms with Crippen LogP contribution in [0.3, 0.4) is 0 Å². The van der Waals surface area contributed by atoms with Crippen molar-refractivity contribution in [2.45, 2.75) is 91.2 Å². The van der Waals surface area contributed by atoms with E-state index in [9.17, 15) is 0 Å². The van der Waals surface area contributed by atoms with Gasteiger partial charge in [0.05, 0.1) is 0 Å². The highest BCUT2D eigenvalue weighted by Gasteiger charge is 2.41. The summed E-state index contributed by atoms with van der Waals surface area (Å²) in [6, 6.07) is 0. The first-order valence-corrected chi connectivity index (χ1v) is 13.3. The molecule has 0 N–H and O–H groups in total. The van der Waals surface area contributed by atoms with E-state index in [1.54, 1.807) is 0 Å². The molecule has 0 amide bonds. The van der Waals surface area contributed by atoms with Gasteiger partial charge in [-0.05, 0) is 36.3 Å². The Labute approximate surface area is 123 Å². The van der Waals surface area contributed by atoms with Crippen LogP contribution in [0.4, 0.5) is 0 Å². The summed E-state index contributed by atoms with van der Waals surface area (Å²) in [7, 11) is -3.42. The first-order chi connectivity index (χ1) is 8.14. The van der Waals surface area contributed by atoms with Crippen molar-refractivity contribution >= 4 is 22.5 Å². The van der Waals surface area contributed by atoms with Gasteiger partial charge in [0.15, 0.2) is 14.1 Å². The molecule has 0 fully saturated rings. The van der Waals surface area contributed by atoms with Gasteiger partial charge >= 0.3 is 0 Å². The molecule has 0 aliphatic heterocycles. The zero-order valence-electron chi connectivity index (χ0n) is 15.1. The summed E-state index contributed by atoms with van der Waals surface area (Å²) in [4.78, 5) is 0. The Kier molecular flexibility index (Phi) is 5.69. The molecule has 0 heterocycles. The summed E-state index contributed by atoms with van der Waals surface area (Å²) in [5.41, 5.74) is 0. The SMILES string of the molecule is CCC(=N[Si](C)(C)C(C)(C)C)O[Si](C)(C)C(C)(C)C. The third-order valence-electron chi connectivity index (χ3n) is 4.72. The number of nitrogens with zero attached hydrogens (tertiary/aromatic N) is 1. The number of hydrogen-bond acceptors (Lipinski definition) is 2. The Morgan fingerprint density at radius 3 is 1.58 bits per heavy atom. The Morgan fingerprint density at radius 2 is 1.32 bits per heavy atom. The summed E-state index contributed by atoms with van der Waals surface area (Å²) in [6.45, 7) is 25.1. The van der Waals surface area contributed by atoms with Crippen molar-refractivity contribution in [3.05, 3.63) is 0 Å². The summed E-state index contributed by atoms with van der Waals surface area (Å²) in [5.74, 6) is 0.984. The normalized spacial score (nSPS) is 15.6. The van der Waals surface area contributed by atoms with E-state index < -0.39 is 16.6 Å². The van der Waals surface area contributed by atoms with Crippen molar-refractivity contribution in [3.63, 3.8) is 0 Å². The molecule has 0 aromatic heterocycles. The van der Waals surface area contributed by atoms with E-state index >= 15 is 0 Å². The van der Waals surface area contributed by atoms with E-state index in [0.29, 0.717) is 0 Å². The second-order valence-electron chi connectivity index (χ2n) is 8.53. The quantitative estimate of drug-likeness (QED) is 0.365. The lowest BCUT2D eigenvalue weighted by atomic mass is 10.2. The standard InChI is InChI=1S/C15H35NOSi2/c1-12-13(16-18(8,9)14(2,3)4)17-19(10,11)15(5,6)7/h12H2,1-11H3. The number of rotatable bonds is 3. The smallest absolute Gasteiger partial charge is 0.252 e. The van der Waals surface area contributed by atoms with Crippen LogP contribution in [0.25, 0.3) is 0 Å². The van der Waals surface area contributed by atoms with E-state index in [1.165, 1.54) is 0 Å². The molecule has 4 heteroatoms. The van der Waals surface area contributed by atoms with Crippen molar-refractivity contribution < 1.29 is 4.43 Å². The lowest BCUT2D eigenvalue weighted by Gasteiger charge is -2.39. The van der Waals surface area contributed by atoms with Gasteiger partial charge in [-0.2, -0.15) is 0 Å². The minimum Gasteiger partial charge on any atom is -0.534 e. The van der Waals surface area contributed by atoms with Crippen LogP contribution in [0.2, 0.25) is 36.3 Å². The molecule has 114 valence electrons. The van der Waals surface area contributed by atoms with Crippen molar-refractivity contribution in [2.75, 3.05) is 0 Å². The molecule has 0 bridgehead atoms. The molecule has 0 spiro atoms. The molecule has 0 rings (SSSR count). The average molecular weight is 302 g/mol. The molecule has 19 heavy (non-hydrogen) atoms. The van der Waals surface area contributed by atoms with Crippen LogP contribution in [-0.4, -0.2) is 22.5 Å². The van der Waals surface area contributed by atoms with Crippen LogP contribution in [0.15, 0.2) is 4.66 Å². The third kappa shape index (κ3) is 5.06. The Hall–Kier alpha value is -0.0962. The van der Waals surface area contributed by atoms with Crippen LogP contribution >= 0.6 is 0 Å². The summed E-state index contributed by atoms with van der Waals surface area (Å²) < 4.78 is 11.5. The highest BCUT2D eigenvalue weighted by molar-refractivity contribution is 6.80. The van der Waals surface area contributed by atoms with Gasteiger partial charge in [-0.25, -0.2) is 0 Å². The van der Waals surface area contributed by atoms with Gasteiger partial charge in [-0.15, -0.1) is 0 Å². The van der Waals surface area contributed by atoms with Crippen LogP contribution in [0.1, 0.15) is 54.9 Å². The highest BCUT2D eigenvalue weighted by Crippen LogP contribution is 2.39. The maximum Gasteiger partial charge on any atom is 0.252 e. The summed E-state index contributed by atoms with van der Waals surface area (Å²) in [5, 5.41) is 0.501. The van der Waals surface area contributed by atoms with Gasteiger partial charge in [-0.3, -0.25) is 4.66 Å². The second-order valence-corrected chi connectivity index (χ2v) is 18.1. The third-order valence-corrected chi connectivity index (χ3v) is 13.6. The predicted molar refractivity (Wildman–Crippen MR) is 93.2 cm³/mol. The summed E-state index contributed by atoms with van der Waals surface area (Å²) >= 11 is 0. The maximum atomic E-state index is 6.41. The van der Waals surface area contributed by atoms with Gasteiger partial charge in [-0.1, -0.05) is 48.5 Å². The highest BCUT2D eigenvalue weighted by atomic mass is 28.4. The molecule has 0 saturated carbocycles. The van der Waals surface area contributed by atoms with Crippen molar-refractivity contribution in [2.24, 2.45) is 4.66 Å². The van der Waals surface area contributed by atoms with Gasteiger partial charge in [0.25, 0.3) is 8.32 Å². The van der Waals surface area contributed by atoms with Crippen LogP contribution in [-0.2, 0) is 4.43 Å². The monoisotopic (exact) mass is 301 g/mol. The fraction of sp³-hybridized carbons (Fsp3) is 0.933. The van der Waals surface area contributed by atoms with Crippen molar-refractivity contribution in [1.82, 2.24) is 0 Å². The molecule has 0 aliphatic carbocycles. The van der Waals surface area contributed by atoms with E-state index in [2.05, 4.69) is 74.7 Å². The van der Waals surface area contributed by atoms with Crippen molar-refractivity contribution in [3.8, 4) is 0 Å². The van der Waals surface area contributed by atoms with Gasteiger partial charge < -0.3 is 4.43 Å². The first kappa shape index (κ1) is 18.9. The molecule has 0 aromatic rings. The van der Waals surface area contributed by atoms with Crippen LogP contribution in [0, 0.1) is 0 Å². The fourth-order valence-electron chi connectivity index (χ4n) is 1.10. The predicted octanol–water partition coefficient (Wildman–Crippen LogP) is 5.82. The Morgan fingerprint density at radius 1 is 0.895 bits per heavy atom. The molecule has 0 aromatic carbocycles. The maximum absolute atomic E-state index is 6.41. The topological polar surface area (TPSA) is 21.6 Å². The zero-order valence-corrected chi connectivity index (χ0v) is 17.1. The first-order valence-electron chi connectivity index (χ1n) is 7.42. The van der Waals surface area contributed by atoms with E-state index in [4.69, 9.17) is 9.08 Å². The molecule has 0 saturated heterocycles. The largest absolute Gasteiger partial charge is 0.534 e. The average Bonchev–Trinajstić information content (AvgIpc) is 2.12. The Balaban J connectivity index is 5.27. The number of hydrogen-bond donors (Lipinski definition) is 0. The lowest BCUT2D eigenvalue weighted by molar-refractivity contribution is 0.475. The molecular weight excluding hydrogens is 266 g/mol. The van der Waals surface area contributed by atoms with Crippen LogP contribution in [0.5, 0.6) is 0 Å². The fourth-order valence-corrected chi connectivity index (χ4v) is 3.44. The molecular formula is C15H35NOSi2. The van der Waals surface area contributed by atoms with Gasteiger partial charge in [0, 0.05) is 6.42 Å². The van der Waals surface area contributed by atoms with E-state index in [1.807, 2.05) is 0 Å². The van der Waals surface area contributed by atoms with E-state index in [-0.39, 0.29) is 10.1 Å². The van der Waals surface area contributed by atoms with Crippen LogP contribution < -0.4 is 0 Å². The minimum absolute atomic E-state index is 0.233. The lowest BCUT2D eigenvalue weighted by Crippen LogP contribution is -2.44. The van der Waals surface area contributed by atoms with E-state index in [0.717, 1.165) is 12.3 Å². The molecule has 0 radical (unpaired) electrons. The summed E-state index contributed by atoms with van der Waals surface area (Å²) in [6.07, 6.45) is 0.902. The second kappa shape index (κ2) is 5.72. The van der Waals surface area contributed by atoms with Gasteiger partial charge in [0.2, 0.25) is 0 Å². The molecule has 0 aliphatic rings. The zero-order chi connectivity index (χ0) is 15.7. The molecule has 0 unspecified atom stereocenters. The van der Waals surface area contributed by atoms with Gasteiger partial charge in [0.1, 0.15) is 0 Å².